The Morgan fingerprint density at radius 2 is 1.67 bits per heavy atom. The number of amides is 1. The van der Waals surface area contributed by atoms with Crippen LogP contribution in [0.1, 0.15) is 10.4 Å². The van der Waals surface area contributed by atoms with Crippen molar-refractivity contribution in [3.63, 3.8) is 0 Å². The van der Waals surface area contributed by atoms with Crippen molar-refractivity contribution in [3.05, 3.63) is 88.5 Å². The molecule has 0 radical (unpaired) electrons. The normalized spacial score (nSPS) is 10.8. The molecule has 3 aromatic rings. The van der Waals surface area contributed by atoms with Gasteiger partial charge < -0.3 is 10.1 Å². The molecular formula is C20H17N3O6S. The number of rotatable bonds is 7. The molecule has 0 atom stereocenters. The van der Waals surface area contributed by atoms with Crippen LogP contribution in [0, 0.1) is 10.1 Å². The Balaban J connectivity index is 1.72. The lowest BCUT2D eigenvalue weighted by molar-refractivity contribution is -0.385. The smallest absolute Gasteiger partial charge is 0.270 e. The topological polar surface area (TPSA) is 128 Å². The predicted octanol–water partition coefficient (Wildman–Crippen LogP) is 3.66. The second-order valence-electron chi connectivity index (χ2n) is 6.12. The minimum atomic E-state index is -4.03. The van der Waals surface area contributed by atoms with Gasteiger partial charge in [-0.25, -0.2) is 8.42 Å². The van der Waals surface area contributed by atoms with Gasteiger partial charge in [-0.3, -0.25) is 19.6 Å². The molecule has 0 heterocycles. The molecule has 3 aromatic carbocycles. The largest absolute Gasteiger partial charge is 0.497 e. The standard InChI is InChI=1S/C20H17N3O6S/c1-29-18-6-2-4-16(12-18)21-20(24)14-8-10-15(11-9-14)22-30(27,28)19-7-3-5-17(13-19)23(25)26/h2-13,22H,1H3,(H,21,24). The number of carbonyl (C=O) groups is 1. The van der Waals surface area contributed by atoms with E-state index in [1.807, 2.05) is 0 Å². The molecule has 0 aliphatic carbocycles. The zero-order valence-corrected chi connectivity index (χ0v) is 16.5. The second-order valence-corrected chi connectivity index (χ2v) is 7.81. The Morgan fingerprint density at radius 1 is 0.967 bits per heavy atom. The summed E-state index contributed by atoms with van der Waals surface area (Å²) in [4.78, 5) is 22.3. The van der Waals surface area contributed by atoms with Crippen molar-refractivity contribution in [2.45, 2.75) is 4.90 Å². The maximum Gasteiger partial charge on any atom is 0.270 e. The van der Waals surface area contributed by atoms with Crippen LogP contribution in [0.2, 0.25) is 0 Å². The fourth-order valence-electron chi connectivity index (χ4n) is 2.57. The fraction of sp³-hybridized carbons (Fsp3) is 0.0500. The first-order valence-electron chi connectivity index (χ1n) is 8.61. The molecule has 0 aliphatic rings. The van der Waals surface area contributed by atoms with Gasteiger partial charge in [0, 0.05) is 35.1 Å². The Kier molecular flexibility index (Phi) is 5.98. The summed E-state index contributed by atoms with van der Waals surface area (Å²) in [7, 11) is -2.51. The summed E-state index contributed by atoms with van der Waals surface area (Å²) < 4.78 is 32.4. The molecule has 3 rings (SSSR count). The van der Waals surface area contributed by atoms with E-state index in [0.29, 0.717) is 17.0 Å². The first kappa shape index (κ1) is 20.8. The molecule has 0 saturated carbocycles. The van der Waals surface area contributed by atoms with E-state index in [4.69, 9.17) is 4.74 Å². The minimum Gasteiger partial charge on any atom is -0.497 e. The van der Waals surface area contributed by atoms with E-state index in [0.717, 1.165) is 6.07 Å². The van der Waals surface area contributed by atoms with Gasteiger partial charge >= 0.3 is 0 Å². The maximum atomic E-state index is 12.5. The molecule has 1 amide bonds. The first-order chi connectivity index (χ1) is 14.3. The van der Waals surface area contributed by atoms with Gasteiger partial charge in [0.15, 0.2) is 0 Å². The van der Waals surface area contributed by atoms with Crippen molar-refractivity contribution >= 4 is 33.0 Å². The quantitative estimate of drug-likeness (QED) is 0.437. The number of anilines is 2. The number of hydrogen-bond donors (Lipinski definition) is 2. The SMILES string of the molecule is COc1cccc(NC(=O)c2ccc(NS(=O)(=O)c3cccc([N+](=O)[O-])c3)cc2)c1. The molecule has 0 saturated heterocycles. The van der Waals surface area contributed by atoms with Crippen LogP contribution in [0.5, 0.6) is 5.75 Å². The lowest BCUT2D eigenvalue weighted by Crippen LogP contribution is -2.14. The number of hydrogen-bond acceptors (Lipinski definition) is 6. The highest BCUT2D eigenvalue weighted by Gasteiger charge is 2.18. The number of carbonyl (C=O) groups excluding carboxylic acids is 1. The highest BCUT2D eigenvalue weighted by atomic mass is 32.2. The summed E-state index contributed by atoms with van der Waals surface area (Å²) in [5, 5.41) is 13.6. The average Bonchev–Trinajstić information content (AvgIpc) is 2.74. The number of nitro benzene ring substituents is 1. The molecule has 2 N–H and O–H groups in total. The monoisotopic (exact) mass is 427 g/mol. The van der Waals surface area contributed by atoms with E-state index in [1.165, 1.54) is 49.6 Å². The molecule has 0 spiro atoms. The molecule has 30 heavy (non-hydrogen) atoms. The zero-order valence-electron chi connectivity index (χ0n) is 15.7. The van der Waals surface area contributed by atoms with Gasteiger partial charge in [0.2, 0.25) is 0 Å². The lowest BCUT2D eigenvalue weighted by Gasteiger charge is -2.10. The fourth-order valence-corrected chi connectivity index (χ4v) is 3.67. The Bertz CT molecular complexity index is 1190. The number of benzene rings is 3. The number of methoxy groups -OCH3 is 1. The number of nitro groups is 1. The highest BCUT2D eigenvalue weighted by Crippen LogP contribution is 2.21. The van der Waals surface area contributed by atoms with E-state index in [9.17, 15) is 23.3 Å². The van der Waals surface area contributed by atoms with Gasteiger partial charge in [0.05, 0.1) is 16.9 Å². The van der Waals surface area contributed by atoms with Crippen LogP contribution < -0.4 is 14.8 Å². The van der Waals surface area contributed by atoms with Gasteiger partial charge in [0.1, 0.15) is 5.75 Å². The molecule has 9 nitrogen and oxygen atoms in total. The van der Waals surface area contributed by atoms with Crippen molar-refractivity contribution < 1.29 is 22.9 Å². The summed E-state index contributed by atoms with van der Waals surface area (Å²) in [5.74, 6) is 0.218. The molecule has 154 valence electrons. The van der Waals surface area contributed by atoms with Crippen LogP contribution in [0.3, 0.4) is 0 Å². The van der Waals surface area contributed by atoms with Crippen molar-refractivity contribution in [2.75, 3.05) is 17.1 Å². The van der Waals surface area contributed by atoms with Gasteiger partial charge in [-0.05, 0) is 42.5 Å². The Hall–Kier alpha value is -3.92. The van der Waals surface area contributed by atoms with Crippen LogP contribution in [0.15, 0.2) is 77.7 Å². The number of nitrogens with one attached hydrogen (secondary N) is 2. The summed E-state index contributed by atoms with van der Waals surface area (Å²) in [6.07, 6.45) is 0. The van der Waals surface area contributed by atoms with Crippen molar-refractivity contribution in [1.82, 2.24) is 0 Å². The van der Waals surface area contributed by atoms with Crippen LogP contribution in [0.4, 0.5) is 17.1 Å². The summed E-state index contributed by atoms with van der Waals surface area (Å²) in [6, 6.07) is 17.4. The molecule has 10 heteroatoms. The number of ether oxygens (including phenoxy) is 1. The summed E-state index contributed by atoms with van der Waals surface area (Å²) in [5.41, 5.74) is 0.743. The minimum absolute atomic E-state index is 0.208. The van der Waals surface area contributed by atoms with Crippen molar-refractivity contribution in [3.8, 4) is 5.75 Å². The summed E-state index contributed by atoms with van der Waals surface area (Å²) >= 11 is 0. The van der Waals surface area contributed by atoms with Crippen LogP contribution in [-0.4, -0.2) is 26.4 Å². The predicted molar refractivity (Wildman–Crippen MR) is 111 cm³/mol. The van der Waals surface area contributed by atoms with Gasteiger partial charge in [0.25, 0.3) is 21.6 Å². The first-order valence-corrected chi connectivity index (χ1v) is 10.1. The van der Waals surface area contributed by atoms with Crippen LogP contribution >= 0.6 is 0 Å². The van der Waals surface area contributed by atoms with E-state index < -0.39 is 14.9 Å². The second kappa shape index (κ2) is 8.62. The number of non-ortho nitro benzene ring substituents is 1. The molecule has 0 aromatic heterocycles. The molecular weight excluding hydrogens is 410 g/mol. The maximum absolute atomic E-state index is 12.5. The third kappa shape index (κ3) is 4.92. The lowest BCUT2D eigenvalue weighted by atomic mass is 10.2. The van der Waals surface area contributed by atoms with Crippen molar-refractivity contribution in [1.29, 1.82) is 0 Å². The highest BCUT2D eigenvalue weighted by molar-refractivity contribution is 7.92. The average molecular weight is 427 g/mol. The summed E-state index contributed by atoms with van der Waals surface area (Å²) in [6.45, 7) is 0. The molecule has 0 unspecified atom stereocenters. The van der Waals surface area contributed by atoms with Gasteiger partial charge in [-0.1, -0.05) is 12.1 Å². The Labute approximate surface area is 172 Å². The Morgan fingerprint density at radius 3 is 2.33 bits per heavy atom. The van der Waals surface area contributed by atoms with Crippen LogP contribution in [-0.2, 0) is 10.0 Å². The zero-order chi connectivity index (χ0) is 21.7. The number of nitrogens with zero attached hydrogens (tertiary/aromatic N) is 1. The molecule has 0 fully saturated rings. The van der Waals surface area contributed by atoms with E-state index in [-0.39, 0.29) is 22.2 Å². The molecule has 0 bridgehead atoms. The third-order valence-corrected chi connectivity index (χ3v) is 5.44. The third-order valence-electron chi connectivity index (χ3n) is 4.07. The van der Waals surface area contributed by atoms with Crippen molar-refractivity contribution in [2.24, 2.45) is 0 Å². The van der Waals surface area contributed by atoms with Gasteiger partial charge in [-0.15, -0.1) is 0 Å². The van der Waals surface area contributed by atoms with E-state index in [1.54, 1.807) is 24.3 Å². The molecule has 0 aliphatic heterocycles. The van der Waals surface area contributed by atoms with E-state index >= 15 is 0 Å². The van der Waals surface area contributed by atoms with Crippen LogP contribution in [0.25, 0.3) is 0 Å². The number of sulfonamides is 1. The van der Waals surface area contributed by atoms with Gasteiger partial charge in [-0.2, -0.15) is 0 Å². The van der Waals surface area contributed by atoms with E-state index in [2.05, 4.69) is 10.0 Å².